The second-order valence-electron chi connectivity index (χ2n) is 5.31. The van der Waals surface area contributed by atoms with Gasteiger partial charge in [-0.25, -0.2) is 0 Å². The highest BCUT2D eigenvalue weighted by Crippen LogP contribution is 2.56. The molecule has 0 amide bonds. The van der Waals surface area contributed by atoms with Crippen molar-refractivity contribution in [1.29, 1.82) is 0 Å². The summed E-state index contributed by atoms with van der Waals surface area (Å²) in [5, 5.41) is 9.39. The Balaban J connectivity index is 2.35. The van der Waals surface area contributed by atoms with Gasteiger partial charge in [0, 0.05) is 0 Å². The monoisotopic (exact) mass is 208 g/mol. The molecule has 2 rings (SSSR count). The van der Waals surface area contributed by atoms with Gasteiger partial charge in [0.25, 0.3) is 0 Å². The molecule has 0 aromatic heterocycles. The summed E-state index contributed by atoms with van der Waals surface area (Å²) in [6.07, 6.45) is 6.60. The standard InChI is InChI=1S/C13H20O2/c1-9-5-3-7-13(11(9)12(14)15)8-4-6-10(13)2/h10-11H,1,3-8H2,2H3,(H,14,15). The summed E-state index contributed by atoms with van der Waals surface area (Å²) < 4.78 is 0. The van der Waals surface area contributed by atoms with Crippen molar-refractivity contribution in [2.45, 2.75) is 45.4 Å². The predicted octanol–water partition coefficient (Wildman–Crippen LogP) is 3.23. The van der Waals surface area contributed by atoms with E-state index in [0.29, 0.717) is 5.92 Å². The van der Waals surface area contributed by atoms with E-state index in [1.54, 1.807) is 0 Å². The molecule has 1 spiro atoms. The maximum Gasteiger partial charge on any atom is 0.311 e. The number of rotatable bonds is 1. The molecular weight excluding hydrogens is 188 g/mol. The second kappa shape index (κ2) is 3.66. The Bertz CT molecular complexity index is 295. The zero-order chi connectivity index (χ0) is 11.1. The Morgan fingerprint density at radius 2 is 2.13 bits per heavy atom. The molecule has 0 heterocycles. The first-order valence-electron chi connectivity index (χ1n) is 5.98. The van der Waals surface area contributed by atoms with Crippen molar-refractivity contribution in [1.82, 2.24) is 0 Å². The third-order valence-corrected chi connectivity index (χ3v) is 4.63. The summed E-state index contributed by atoms with van der Waals surface area (Å²) in [5.41, 5.74) is 1.00. The maximum absolute atomic E-state index is 11.4. The van der Waals surface area contributed by atoms with E-state index < -0.39 is 5.97 Å². The first-order chi connectivity index (χ1) is 7.08. The molecular formula is C13H20O2. The molecule has 3 unspecified atom stereocenters. The van der Waals surface area contributed by atoms with Crippen LogP contribution in [0.15, 0.2) is 12.2 Å². The summed E-state index contributed by atoms with van der Waals surface area (Å²) in [4.78, 5) is 11.4. The summed E-state index contributed by atoms with van der Waals surface area (Å²) in [6.45, 7) is 6.21. The molecule has 84 valence electrons. The van der Waals surface area contributed by atoms with Gasteiger partial charge >= 0.3 is 5.97 Å². The molecule has 0 aromatic carbocycles. The lowest BCUT2D eigenvalue weighted by atomic mass is 9.60. The lowest BCUT2D eigenvalue weighted by Crippen LogP contribution is -2.41. The second-order valence-corrected chi connectivity index (χ2v) is 5.31. The predicted molar refractivity (Wildman–Crippen MR) is 59.6 cm³/mol. The van der Waals surface area contributed by atoms with Crippen molar-refractivity contribution in [2.24, 2.45) is 17.3 Å². The minimum absolute atomic E-state index is 0.0428. The lowest BCUT2D eigenvalue weighted by Gasteiger charge is -2.43. The van der Waals surface area contributed by atoms with E-state index in [1.807, 2.05) is 0 Å². The topological polar surface area (TPSA) is 37.3 Å². The Hall–Kier alpha value is -0.790. The molecule has 2 nitrogen and oxygen atoms in total. The number of carboxylic acids is 1. The zero-order valence-corrected chi connectivity index (χ0v) is 9.46. The third kappa shape index (κ3) is 1.51. The van der Waals surface area contributed by atoms with Crippen LogP contribution in [0, 0.1) is 17.3 Å². The lowest BCUT2D eigenvalue weighted by molar-refractivity contribution is -0.147. The highest BCUT2D eigenvalue weighted by molar-refractivity contribution is 5.75. The molecule has 3 atom stereocenters. The fraction of sp³-hybridized carbons (Fsp3) is 0.769. The largest absolute Gasteiger partial charge is 0.481 e. The number of hydrogen-bond donors (Lipinski definition) is 1. The van der Waals surface area contributed by atoms with Crippen LogP contribution in [-0.2, 0) is 4.79 Å². The van der Waals surface area contributed by atoms with Crippen molar-refractivity contribution >= 4 is 5.97 Å². The number of hydrogen-bond acceptors (Lipinski definition) is 1. The zero-order valence-electron chi connectivity index (χ0n) is 9.46. The van der Waals surface area contributed by atoms with Crippen molar-refractivity contribution < 1.29 is 9.90 Å². The van der Waals surface area contributed by atoms with E-state index in [9.17, 15) is 9.90 Å². The molecule has 0 bridgehead atoms. The van der Waals surface area contributed by atoms with Gasteiger partial charge in [-0.3, -0.25) is 4.79 Å². The molecule has 2 saturated carbocycles. The summed E-state index contributed by atoms with van der Waals surface area (Å²) in [6, 6.07) is 0. The van der Waals surface area contributed by atoms with Gasteiger partial charge in [-0.05, 0) is 37.0 Å². The van der Waals surface area contributed by atoms with E-state index in [4.69, 9.17) is 0 Å². The van der Waals surface area contributed by atoms with E-state index in [1.165, 1.54) is 12.8 Å². The van der Waals surface area contributed by atoms with Crippen LogP contribution in [0.3, 0.4) is 0 Å². The first-order valence-corrected chi connectivity index (χ1v) is 5.98. The molecule has 2 aliphatic carbocycles. The highest BCUT2D eigenvalue weighted by Gasteiger charge is 2.51. The number of carboxylic acid groups (broad SMARTS) is 1. The summed E-state index contributed by atoms with van der Waals surface area (Å²) in [7, 11) is 0. The van der Waals surface area contributed by atoms with Gasteiger partial charge in [-0.2, -0.15) is 0 Å². The third-order valence-electron chi connectivity index (χ3n) is 4.63. The van der Waals surface area contributed by atoms with Crippen LogP contribution in [-0.4, -0.2) is 11.1 Å². The van der Waals surface area contributed by atoms with Crippen molar-refractivity contribution in [2.75, 3.05) is 0 Å². The van der Waals surface area contributed by atoms with Gasteiger partial charge in [-0.1, -0.05) is 31.9 Å². The van der Waals surface area contributed by atoms with Crippen LogP contribution < -0.4 is 0 Å². The summed E-state index contributed by atoms with van der Waals surface area (Å²) >= 11 is 0. The van der Waals surface area contributed by atoms with Gasteiger partial charge in [0.05, 0.1) is 5.92 Å². The number of carbonyl (C=O) groups is 1. The van der Waals surface area contributed by atoms with Crippen LogP contribution in [0.5, 0.6) is 0 Å². The van der Waals surface area contributed by atoms with Crippen molar-refractivity contribution in [3.05, 3.63) is 12.2 Å². The SMILES string of the molecule is C=C1CCCC2(CCCC2C)C1C(=O)O. The molecule has 1 N–H and O–H groups in total. The molecule has 0 aromatic rings. The Morgan fingerprint density at radius 3 is 2.67 bits per heavy atom. The van der Waals surface area contributed by atoms with Crippen LogP contribution in [0.2, 0.25) is 0 Å². The Labute approximate surface area is 91.4 Å². The smallest absolute Gasteiger partial charge is 0.311 e. The van der Waals surface area contributed by atoms with Crippen LogP contribution in [0.1, 0.15) is 45.4 Å². The molecule has 0 saturated heterocycles. The molecule has 15 heavy (non-hydrogen) atoms. The van der Waals surface area contributed by atoms with Gasteiger partial charge in [0.15, 0.2) is 0 Å². The van der Waals surface area contributed by atoms with E-state index >= 15 is 0 Å². The Morgan fingerprint density at radius 1 is 1.47 bits per heavy atom. The fourth-order valence-electron chi connectivity index (χ4n) is 3.83. The molecule has 2 fully saturated rings. The average Bonchev–Trinajstić information content (AvgIpc) is 2.48. The van der Waals surface area contributed by atoms with E-state index in [-0.39, 0.29) is 11.3 Å². The average molecular weight is 208 g/mol. The number of aliphatic carboxylic acids is 1. The van der Waals surface area contributed by atoms with Crippen LogP contribution in [0.25, 0.3) is 0 Å². The molecule has 0 radical (unpaired) electrons. The minimum Gasteiger partial charge on any atom is -0.481 e. The van der Waals surface area contributed by atoms with Crippen LogP contribution in [0.4, 0.5) is 0 Å². The quantitative estimate of drug-likeness (QED) is 0.672. The molecule has 2 heteroatoms. The first kappa shape index (κ1) is 10.7. The molecule has 0 aliphatic heterocycles. The maximum atomic E-state index is 11.4. The summed E-state index contributed by atoms with van der Waals surface area (Å²) in [5.74, 6) is -0.368. The van der Waals surface area contributed by atoms with Gasteiger partial charge in [0.1, 0.15) is 0 Å². The van der Waals surface area contributed by atoms with E-state index in [0.717, 1.165) is 31.3 Å². The van der Waals surface area contributed by atoms with Gasteiger partial charge < -0.3 is 5.11 Å². The minimum atomic E-state index is -0.645. The van der Waals surface area contributed by atoms with Crippen molar-refractivity contribution in [3.63, 3.8) is 0 Å². The fourth-order valence-corrected chi connectivity index (χ4v) is 3.83. The van der Waals surface area contributed by atoms with Gasteiger partial charge in [-0.15, -0.1) is 0 Å². The highest BCUT2D eigenvalue weighted by atomic mass is 16.4. The van der Waals surface area contributed by atoms with E-state index in [2.05, 4.69) is 13.5 Å². The van der Waals surface area contributed by atoms with Crippen molar-refractivity contribution in [3.8, 4) is 0 Å². The molecule has 2 aliphatic rings. The van der Waals surface area contributed by atoms with Gasteiger partial charge in [0.2, 0.25) is 0 Å². The normalized spacial score (nSPS) is 41.0. The van der Waals surface area contributed by atoms with Crippen LogP contribution >= 0.6 is 0 Å². The Kier molecular flexibility index (Phi) is 2.61.